The Hall–Kier alpha value is -1.14. The van der Waals surface area contributed by atoms with Crippen LogP contribution >= 0.6 is 0 Å². The van der Waals surface area contributed by atoms with Crippen molar-refractivity contribution in [3.63, 3.8) is 0 Å². The molecule has 0 bridgehead atoms. The Kier molecular flexibility index (Phi) is 6.75. The van der Waals surface area contributed by atoms with Gasteiger partial charge in [0.05, 0.1) is 11.5 Å². The quantitative estimate of drug-likeness (QED) is 0.549. The Morgan fingerprint density at radius 3 is 2.47 bits per heavy atom. The first-order chi connectivity index (χ1) is 7.85. The van der Waals surface area contributed by atoms with E-state index >= 15 is 0 Å². The van der Waals surface area contributed by atoms with Gasteiger partial charge in [-0.25, -0.2) is 0 Å². The molecule has 0 fully saturated rings. The standard InChI is InChI=1S/C11H23N3O3/c1-11(2,10(16)13-3)7-14-9(15)8(12)5-6-17-4/h8H,5-7,12H2,1-4H3,(H,13,16)(H,14,15). The first kappa shape index (κ1) is 15.9. The number of hydrogen-bond acceptors (Lipinski definition) is 4. The Balaban J connectivity index is 4.10. The summed E-state index contributed by atoms with van der Waals surface area (Å²) in [4.78, 5) is 23.1. The monoisotopic (exact) mass is 245 g/mol. The van der Waals surface area contributed by atoms with Crippen molar-refractivity contribution in [2.45, 2.75) is 26.3 Å². The smallest absolute Gasteiger partial charge is 0.237 e. The largest absolute Gasteiger partial charge is 0.385 e. The van der Waals surface area contributed by atoms with Crippen molar-refractivity contribution in [3.8, 4) is 0 Å². The van der Waals surface area contributed by atoms with Crippen molar-refractivity contribution in [3.05, 3.63) is 0 Å². The molecule has 0 saturated heterocycles. The summed E-state index contributed by atoms with van der Waals surface area (Å²) >= 11 is 0. The number of nitrogens with two attached hydrogens (primary N) is 1. The topological polar surface area (TPSA) is 93.5 Å². The first-order valence-electron chi connectivity index (χ1n) is 5.59. The molecule has 0 radical (unpaired) electrons. The fourth-order valence-corrected chi connectivity index (χ4v) is 1.23. The van der Waals surface area contributed by atoms with Crippen molar-refractivity contribution >= 4 is 11.8 Å². The molecule has 0 aliphatic carbocycles. The number of hydrogen-bond donors (Lipinski definition) is 3. The molecular weight excluding hydrogens is 222 g/mol. The molecule has 0 heterocycles. The van der Waals surface area contributed by atoms with E-state index in [1.54, 1.807) is 28.0 Å². The van der Waals surface area contributed by atoms with Crippen LogP contribution in [0.5, 0.6) is 0 Å². The second-order valence-electron chi connectivity index (χ2n) is 4.57. The van der Waals surface area contributed by atoms with Crippen molar-refractivity contribution in [1.82, 2.24) is 10.6 Å². The van der Waals surface area contributed by atoms with Gasteiger partial charge in [-0.1, -0.05) is 0 Å². The Morgan fingerprint density at radius 1 is 1.41 bits per heavy atom. The van der Waals surface area contributed by atoms with Crippen LogP contribution < -0.4 is 16.4 Å². The molecule has 0 spiro atoms. The van der Waals surface area contributed by atoms with Crippen molar-refractivity contribution < 1.29 is 14.3 Å². The molecule has 0 aliphatic heterocycles. The van der Waals surface area contributed by atoms with Gasteiger partial charge in [0.1, 0.15) is 0 Å². The summed E-state index contributed by atoms with van der Waals surface area (Å²) in [7, 11) is 3.12. The fourth-order valence-electron chi connectivity index (χ4n) is 1.23. The molecule has 2 amide bonds. The molecule has 100 valence electrons. The highest BCUT2D eigenvalue weighted by atomic mass is 16.5. The SMILES string of the molecule is CNC(=O)C(C)(C)CNC(=O)C(N)CCOC. The molecule has 0 aliphatic rings. The second-order valence-corrected chi connectivity index (χ2v) is 4.57. The summed E-state index contributed by atoms with van der Waals surface area (Å²) in [6, 6.07) is -0.601. The van der Waals surface area contributed by atoms with Gasteiger partial charge in [0.25, 0.3) is 0 Å². The average Bonchev–Trinajstić information content (AvgIpc) is 2.31. The Bertz CT molecular complexity index is 267. The van der Waals surface area contributed by atoms with Gasteiger partial charge in [-0.15, -0.1) is 0 Å². The highest BCUT2D eigenvalue weighted by Crippen LogP contribution is 2.13. The zero-order valence-corrected chi connectivity index (χ0v) is 11.0. The van der Waals surface area contributed by atoms with Gasteiger partial charge in [0, 0.05) is 27.3 Å². The third kappa shape index (κ3) is 5.65. The lowest BCUT2D eigenvalue weighted by molar-refractivity contribution is -0.129. The Labute approximate surface area is 102 Å². The minimum Gasteiger partial charge on any atom is -0.385 e. The molecule has 1 atom stereocenters. The zero-order chi connectivity index (χ0) is 13.5. The van der Waals surface area contributed by atoms with E-state index in [4.69, 9.17) is 10.5 Å². The van der Waals surface area contributed by atoms with E-state index in [1.807, 2.05) is 0 Å². The van der Waals surface area contributed by atoms with Gasteiger partial charge in [-0.05, 0) is 20.3 Å². The summed E-state index contributed by atoms with van der Waals surface area (Å²) < 4.78 is 4.84. The molecule has 0 rings (SSSR count). The second kappa shape index (κ2) is 7.24. The highest BCUT2D eigenvalue weighted by Gasteiger charge is 2.27. The third-order valence-corrected chi connectivity index (χ3v) is 2.52. The van der Waals surface area contributed by atoms with E-state index in [2.05, 4.69) is 10.6 Å². The molecule has 0 aromatic carbocycles. The van der Waals surface area contributed by atoms with Crippen LogP contribution in [0.15, 0.2) is 0 Å². The maximum absolute atomic E-state index is 11.6. The lowest BCUT2D eigenvalue weighted by Gasteiger charge is -2.23. The molecule has 0 saturated carbocycles. The molecule has 17 heavy (non-hydrogen) atoms. The number of amides is 2. The Morgan fingerprint density at radius 2 is 2.00 bits per heavy atom. The summed E-state index contributed by atoms with van der Waals surface area (Å²) in [6.07, 6.45) is 0.461. The number of rotatable bonds is 7. The van der Waals surface area contributed by atoms with Crippen LogP contribution in [0.25, 0.3) is 0 Å². The lowest BCUT2D eigenvalue weighted by atomic mass is 9.92. The third-order valence-electron chi connectivity index (χ3n) is 2.52. The number of methoxy groups -OCH3 is 1. The van der Waals surface area contributed by atoms with Crippen LogP contribution in [0, 0.1) is 5.41 Å². The molecule has 1 unspecified atom stereocenters. The maximum Gasteiger partial charge on any atom is 0.237 e. The van der Waals surface area contributed by atoms with Gasteiger partial charge in [-0.2, -0.15) is 0 Å². The van der Waals surface area contributed by atoms with E-state index < -0.39 is 11.5 Å². The van der Waals surface area contributed by atoms with E-state index in [-0.39, 0.29) is 18.4 Å². The number of ether oxygens (including phenoxy) is 1. The van der Waals surface area contributed by atoms with Crippen LogP contribution in [0.4, 0.5) is 0 Å². The van der Waals surface area contributed by atoms with Gasteiger partial charge in [-0.3, -0.25) is 9.59 Å². The van der Waals surface area contributed by atoms with E-state index in [9.17, 15) is 9.59 Å². The van der Waals surface area contributed by atoms with Crippen molar-refractivity contribution in [2.75, 3.05) is 27.3 Å². The van der Waals surface area contributed by atoms with E-state index in [0.29, 0.717) is 13.0 Å². The minimum atomic E-state index is -0.647. The molecule has 0 aromatic rings. The average molecular weight is 245 g/mol. The summed E-state index contributed by atoms with van der Waals surface area (Å²) in [6.45, 7) is 4.21. The fraction of sp³-hybridized carbons (Fsp3) is 0.818. The maximum atomic E-state index is 11.6. The van der Waals surface area contributed by atoms with E-state index in [0.717, 1.165) is 0 Å². The molecule has 6 nitrogen and oxygen atoms in total. The lowest BCUT2D eigenvalue weighted by Crippen LogP contribution is -2.48. The van der Waals surface area contributed by atoms with E-state index in [1.165, 1.54) is 0 Å². The van der Waals surface area contributed by atoms with Gasteiger partial charge < -0.3 is 21.1 Å². The van der Waals surface area contributed by atoms with Crippen molar-refractivity contribution in [1.29, 1.82) is 0 Å². The summed E-state index contributed by atoms with van der Waals surface area (Å²) in [5, 5.41) is 5.22. The number of nitrogens with one attached hydrogen (secondary N) is 2. The van der Waals surface area contributed by atoms with Crippen LogP contribution in [0.3, 0.4) is 0 Å². The van der Waals surface area contributed by atoms with Gasteiger partial charge >= 0.3 is 0 Å². The van der Waals surface area contributed by atoms with Crippen molar-refractivity contribution in [2.24, 2.45) is 11.1 Å². The molecule has 0 aromatic heterocycles. The van der Waals surface area contributed by atoms with Crippen LogP contribution in [-0.4, -0.2) is 45.2 Å². The normalized spacial score (nSPS) is 13.0. The van der Waals surface area contributed by atoms with Crippen LogP contribution in [0.2, 0.25) is 0 Å². The van der Waals surface area contributed by atoms with Crippen LogP contribution in [0.1, 0.15) is 20.3 Å². The predicted octanol–water partition coefficient (Wildman–Crippen LogP) is -0.761. The minimum absolute atomic E-state index is 0.122. The molecule has 6 heteroatoms. The van der Waals surface area contributed by atoms with Gasteiger partial charge in [0.2, 0.25) is 11.8 Å². The number of carbonyl (C=O) groups excluding carboxylic acids is 2. The highest BCUT2D eigenvalue weighted by molar-refractivity contribution is 5.84. The van der Waals surface area contributed by atoms with Crippen LogP contribution in [-0.2, 0) is 14.3 Å². The zero-order valence-electron chi connectivity index (χ0n) is 11.0. The first-order valence-corrected chi connectivity index (χ1v) is 5.59. The summed E-state index contributed by atoms with van der Waals surface area (Å²) in [5.41, 5.74) is 5.00. The predicted molar refractivity (Wildman–Crippen MR) is 65.3 cm³/mol. The number of carbonyl (C=O) groups is 2. The summed E-state index contributed by atoms with van der Waals surface area (Å²) in [5.74, 6) is -0.387. The molecular formula is C11H23N3O3. The molecule has 4 N–H and O–H groups in total. The van der Waals surface area contributed by atoms with Gasteiger partial charge in [0.15, 0.2) is 0 Å².